The molecule has 1 aromatic carbocycles. The molecule has 126 valence electrons. The van der Waals surface area contributed by atoms with E-state index in [1.54, 1.807) is 0 Å². The number of carbonyl (C=O) groups excluding carboxylic acids is 3. The number of carbonyl (C=O) groups is 3. The first-order valence-electron chi connectivity index (χ1n) is 6.87. The Bertz CT molecular complexity index is 534. The van der Waals surface area contributed by atoms with Gasteiger partial charge in [0.1, 0.15) is 13.2 Å². The number of hydrogen-bond acceptors (Lipinski definition) is 6. The molecule has 1 aromatic rings. The van der Waals surface area contributed by atoms with Crippen molar-refractivity contribution in [1.29, 1.82) is 0 Å². The molecule has 2 N–H and O–H groups in total. The summed E-state index contributed by atoms with van der Waals surface area (Å²) in [5, 5.41) is 11.3. The standard InChI is InChI=1S/C15H20N2O6/c1-17(8-13(19)16-12(9-18)14(20)22-2)15(21)23-10-11-6-4-3-5-7-11/h3-7,12,18H,8-10H2,1-2H3,(H,16,19)/t12-/m1/s1. The maximum absolute atomic E-state index is 11.8. The van der Waals surface area contributed by atoms with Gasteiger partial charge in [-0.25, -0.2) is 9.59 Å². The van der Waals surface area contributed by atoms with Crippen LogP contribution in [0.1, 0.15) is 5.56 Å². The van der Waals surface area contributed by atoms with Gasteiger partial charge in [-0.3, -0.25) is 4.79 Å². The molecule has 1 rings (SSSR count). The van der Waals surface area contributed by atoms with Gasteiger partial charge in [0.25, 0.3) is 0 Å². The molecule has 0 spiro atoms. The minimum absolute atomic E-state index is 0.0903. The van der Waals surface area contributed by atoms with Crippen LogP contribution in [0.15, 0.2) is 30.3 Å². The molecule has 23 heavy (non-hydrogen) atoms. The monoisotopic (exact) mass is 324 g/mol. The molecule has 0 saturated heterocycles. The number of hydrogen-bond donors (Lipinski definition) is 2. The highest BCUT2D eigenvalue weighted by molar-refractivity contribution is 5.87. The second-order valence-electron chi connectivity index (χ2n) is 4.72. The van der Waals surface area contributed by atoms with Gasteiger partial charge in [-0.1, -0.05) is 30.3 Å². The highest BCUT2D eigenvalue weighted by Gasteiger charge is 2.22. The van der Waals surface area contributed by atoms with Gasteiger partial charge in [-0.05, 0) is 5.56 Å². The Morgan fingerprint density at radius 1 is 1.26 bits per heavy atom. The second-order valence-corrected chi connectivity index (χ2v) is 4.72. The lowest BCUT2D eigenvalue weighted by atomic mass is 10.2. The van der Waals surface area contributed by atoms with E-state index in [9.17, 15) is 14.4 Å². The summed E-state index contributed by atoms with van der Waals surface area (Å²) in [6, 6.07) is 7.94. The molecular formula is C15H20N2O6. The Morgan fingerprint density at radius 2 is 1.91 bits per heavy atom. The highest BCUT2D eigenvalue weighted by Crippen LogP contribution is 2.02. The van der Waals surface area contributed by atoms with E-state index in [1.165, 1.54) is 7.05 Å². The third-order valence-electron chi connectivity index (χ3n) is 2.90. The second kappa shape index (κ2) is 9.42. The summed E-state index contributed by atoms with van der Waals surface area (Å²) in [6.07, 6.45) is -0.678. The van der Waals surface area contributed by atoms with Crippen LogP contribution in [0, 0.1) is 0 Å². The van der Waals surface area contributed by atoms with Crippen LogP contribution in [-0.4, -0.2) is 61.3 Å². The van der Waals surface area contributed by atoms with Crippen LogP contribution in [0.5, 0.6) is 0 Å². The summed E-state index contributed by atoms with van der Waals surface area (Å²) >= 11 is 0. The van der Waals surface area contributed by atoms with Crippen LogP contribution >= 0.6 is 0 Å². The Morgan fingerprint density at radius 3 is 2.48 bits per heavy atom. The number of ether oxygens (including phenoxy) is 2. The largest absolute Gasteiger partial charge is 0.467 e. The average Bonchev–Trinajstić information content (AvgIpc) is 2.57. The molecule has 1 atom stereocenters. The number of nitrogens with zero attached hydrogens (tertiary/aromatic N) is 1. The van der Waals surface area contributed by atoms with E-state index in [1.807, 2.05) is 30.3 Å². The molecule has 0 heterocycles. The van der Waals surface area contributed by atoms with Crippen molar-refractivity contribution in [3.8, 4) is 0 Å². The highest BCUT2D eigenvalue weighted by atomic mass is 16.6. The van der Waals surface area contributed by atoms with E-state index < -0.39 is 30.6 Å². The molecule has 0 fully saturated rings. The van der Waals surface area contributed by atoms with Crippen LogP contribution in [0.4, 0.5) is 4.79 Å². The lowest BCUT2D eigenvalue weighted by molar-refractivity contribution is -0.146. The van der Waals surface area contributed by atoms with E-state index in [0.29, 0.717) is 0 Å². The molecule has 0 bridgehead atoms. The first kappa shape index (κ1) is 18.4. The van der Waals surface area contributed by atoms with Crippen LogP contribution < -0.4 is 5.32 Å². The van der Waals surface area contributed by atoms with Gasteiger partial charge in [0.2, 0.25) is 5.91 Å². The molecule has 8 nitrogen and oxygen atoms in total. The number of amides is 2. The Balaban J connectivity index is 2.41. The fourth-order valence-electron chi connectivity index (χ4n) is 1.67. The normalized spacial score (nSPS) is 11.3. The number of aliphatic hydroxyl groups is 1. The lowest BCUT2D eigenvalue weighted by Gasteiger charge is -2.19. The maximum Gasteiger partial charge on any atom is 0.410 e. The van der Waals surface area contributed by atoms with E-state index in [-0.39, 0.29) is 13.2 Å². The van der Waals surface area contributed by atoms with Crippen molar-refractivity contribution >= 4 is 18.0 Å². The molecule has 2 amide bonds. The first-order chi connectivity index (χ1) is 11.0. The smallest absolute Gasteiger partial charge is 0.410 e. The number of aliphatic hydroxyl groups excluding tert-OH is 1. The van der Waals surface area contributed by atoms with E-state index in [4.69, 9.17) is 9.84 Å². The van der Waals surface area contributed by atoms with Gasteiger partial charge >= 0.3 is 12.1 Å². The van der Waals surface area contributed by atoms with Crippen LogP contribution in [-0.2, 0) is 25.7 Å². The molecule has 0 aliphatic carbocycles. The van der Waals surface area contributed by atoms with Crippen molar-refractivity contribution in [3.63, 3.8) is 0 Å². The molecular weight excluding hydrogens is 304 g/mol. The van der Waals surface area contributed by atoms with Gasteiger partial charge < -0.3 is 24.8 Å². The van der Waals surface area contributed by atoms with Crippen LogP contribution in [0.3, 0.4) is 0 Å². The van der Waals surface area contributed by atoms with Crippen molar-refractivity contribution in [1.82, 2.24) is 10.2 Å². The molecule has 0 aliphatic heterocycles. The third kappa shape index (κ3) is 6.35. The van der Waals surface area contributed by atoms with Gasteiger partial charge in [0.05, 0.1) is 13.7 Å². The van der Waals surface area contributed by atoms with Crippen molar-refractivity contribution in [2.75, 3.05) is 27.3 Å². The molecule has 0 aromatic heterocycles. The number of likely N-dealkylation sites (N-methyl/N-ethyl adjacent to an activating group) is 1. The van der Waals surface area contributed by atoms with Gasteiger partial charge in [-0.2, -0.15) is 0 Å². The maximum atomic E-state index is 11.8. The van der Waals surface area contributed by atoms with Crippen molar-refractivity contribution in [2.24, 2.45) is 0 Å². The summed E-state index contributed by atoms with van der Waals surface area (Å²) < 4.78 is 9.48. The van der Waals surface area contributed by atoms with Crippen LogP contribution in [0.25, 0.3) is 0 Å². The van der Waals surface area contributed by atoms with E-state index >= 15 is 0 Å². The van der Waals surface area contributed by atoms with Crippen LogP contribution in [0.2, 0.25) is 0 Å². The summed E-state index contributed by atoms with van der Waals surface area (Å²) in [5.41, 5.74) is 0.824. The molecule has 0 unspecified atom stereocenters. The predicted octanol–water partition coefficient (Wildman–Crippen LogP) is -0.0949. The van der Waals surface area contributed by atoms with Crippen molar-refractivity contribution in [3.05, 3.63) is 35.9 Å². The zero-order valence-corrected chi connectivity index (χ0v) is 13.0. The minimum Gasteiger partial charge on any atom is -0.467 e. The summed E-state index contributed by atoms with van der Waals surface area (Å²) in [5.74, 6) is -1.39. The van der Waals surface area contributed by atoms with Crippen molar-refractivity contribution < 1.29 is 29.0 Å². The van der Waals surface area contributed by atoms with Gasteiger partial charge in [-0.15, -0.1) is 0 Å². The molecule has 0 aliphatic rings. The lowest BCUT2D eigenvalue weighted by Crippen LogP contribution is -2.48. The zero-order valence-electron chi connectivity index (χ0n) is 13.0. The molecule has 0 saturated carbocycles. The number of esters is 1. The number of benzene rings is 1. The molecule has 0 radical (unpaired) electrons. The molecule has 8 heteroatoms. The number of nitrogens with one attached hydrogen (secondary N) is 1. The zero-order chi connectivity index (χ0) is 17.2. The third-order valence-corrected chi connectivity index (χ3v) is 2.90. The summed E-state index contributed by atoms with van der Waals surface area (Å²) in [6.45, 7) is -0.825. The summed E-state index contributed by atoms with van der Waals surface area (Å²) in [4.78, 5) is 35.8. The number of methoxy groups -OCH3 is 1. The van der Waals surface area contributed by atoms with E-state index in [0.717, 1.165) is 17.6 Å². The fraction of sp³-hybridized carbons (Fsp3) is 0.400. The number of rotatable bonds is 7. The minimum atomic E-state index is -1.17. The Labute approximate surface area is 134 Å². The summed E-state index contributed by atoms with van der Waals surface area (Å²) in [7, 11) is 2.53. The average molecular weight is 324 g/mol. The fourth-order valence-corrected chi connectivity index (χ4v) is 1.67. The first-order valence-corrected chi connectivity index (χ1v) is 6.87. The van der Waals surface area contributed by atoms with Crippen molar-refractivity contribution in [2.45, 2.75) is 12.6 Å². The quantitative estimate of drug-likeness (QED) is 0.679. The van der Waals surface area contributed by atoms with Gasteiger partial charge in [0.15, 0.2) is 6.04 Å². The van der Waals surface area contributed by atoms with Gasteiger partial charge in [0, 0.05) is 7.05 Å². The topological polar surface area (TPSA) is 105 Å². The SMILES string of the molecule is COC(=O)[C@@H](CO)NC(=O)CN(C)C(=O)OCc1ccccc1. The Hall–Kier alpha value is -2.61. The Kier molecular flexibility index (Phi) is 7.55. The van der Waals surface area contributed by atoms with E-state index in [2.05, 4.69) is 10.1 Å². The predicted molar refractivity (Wildman–Crippen MR) is 80.3 cm³/mol.